The highest BCUT2D eigenvalue weighted by Gasteiger charge is 2.22. The maximum atomic E-state index is 6.60. The lowest BCUT2D eigenvalue weighted by Gasteiger charge is -2.11. The number of aromatic nitrogens is 4. The minimum Gasteiger partial charge on any atom is -0.455 e. The molecule has 0 aliphatic rings. The summed E-state index contributed by atoms with van der Waals surface area (Å²) in [5.41, 5.74) is 8.82. The van der Waals surface area contributed by atoms with Gasteiger partial charge in [-0.25, -0.2) is 19.9 Å². The first-order chi connectivity index (χ1) is 26.7. The van der Waals surface area contributed by atoms with Crippen molar-refractivity contribution in [1.82, 2.24) is 19.9 Å². The minimum absolute atomic E-state index is 0.565. The van der Waals surface area contributed by atoms with Gasteiger partial charge in [0.2, 0.25) is 5.89 Å². The SMILES string of the molecule is c1ccc(-c2nc(-c3ccc(-c4ccc5ccccc5c4)cc3)nc(-c3cc4c(oc5ccc6nc(-c7ccccc7)oc6c54)c4ccccc34)n2)cc1. The average Bonchev–Trinajstić information content (AvgIpc) is 3.86. The van der Waals surface area contributed by atoms with E-state index in [9.17, 15) is 0 Å². The molecule has 0 N–H and O–H groups in total. The van der Waals surface area contributed by atoms with Crippen LogP contribution in [0.4, 0.5) is 0 Å². The summed E-state index contributed by atoms with van der Waals surface area (Å²) in [7, 11) is 0. The van der Waals surface area contributed by atoms with E-state index in [0.29, 0.717) is 28.9 Å². The van der Waals surface area contributed by atoms with Crippen molar-refractivity contribution in [1.29, 1.82) is 0 Å². The molecule has 0 fully saturated rings. The molecule has 0 radical (unpaired) electrons. The Morgan fingerprint density at radius 2 is 0.963 bits per heavy atom. The van der Waals surface area contributed by atoms with Gasteiger partial charge < -0.3 is 8.83 Å². The molecule has 3 heterocycles. The quantitative estimate of drug-likeness (QED) is 0.179. The Labute approximate surface area is 309 Å². The molecule has 6 nitrogen and oxygen atoms in total. The number of nitrogens with zero attached hydrogens (tertiary/aromatic N) is 4. The van der Waals surface area contributed by atoms with E-state index in [0.717, 1.165) is 71.6 Å². The zero-order valence-electron chi connectivity index (χ0n) is 28.8. The van der Waals surface area contributed by atoms with Crippen LogP contribution in [0, 0.1) is 0 Å². The number of fused-ring (bicyclic) bond motifs is 8. The van der Waals surface area contributed by atoms with Gasteiger partial charge >= 0.3 is 0 Å². The molecule has 54 heavy (non-hydrogen) atoms. The van der Waals surface area contributed by atoms with Crippen LogP contribution in [0.2, 0.25) is 0 Å². The van der Waals surface area contributed by atoms with Crippen LogP contribution in [0.15, 0.2) is 179 Å². The van der Waals surface area contributed by atoms with Crippen LogP contribution in [-0.2, 0) is 0 Å². The van der Waals surface area contributed by atoms with Crippen molar-refractivity contribution in [2.75, 3.05) is 0 Å². The van der Waals surface area contributed by atoms with Gasteiger partial charge in [-0.15, -0.1) is 0 Å². The van der Waals surface area contributed by atoms with E-state index < -0.39 is 0 Å². The molecule has 3 aromatic heterocycles. The fraction of sp³-hybridized carbons (Fsp3) is 0. The maximum absolute atomic E-state index is 6.60. The van der Waals surface area contributed by atoms with Crippen LogP contribution < -0.4 is 0 Å². The van der Waals surface area contributed by atoms with Crippen LogP contribution >= 0.6 is 0 Å². The third kappa shape index (κ3) is 4.96. The summed E-state index contributed by atoms with van der Waals surface area (Å²) < 4.78 is 13.1. The second kappa shape index (κ2) is 12.1. The van der Waals surface area contributed by atoms with Gasteiger partial charge in [-0.2, -0.15) is 0 Å². The monoisotopic (exact) mass is 692 g/mol. The van der Waals surface area contributed by atoms with Crippen LogP contribution in [0.3, 0.4) is 0 Å². The van der Waals surface area contributed by atoms with Gasteiger partial charge in [0.25, 0.3) is 0 Å². The first-order valence-electron chi connectivity index (χ1n) is 17.9. The number of hydrogen-bond donors (Lipinski definition) is 0. The molecule has 0 aliphatic heterocycles. The van der Waals surface area contributed by atoms with E-state index in [1.54, 1.807) is 0 Å². The van der Waals surface area contributed by atoms with Gasteiger partial charge in [-0.05, 0) is 63.7 Å². The summed E-state index contributed by atoms with van der Waals surface area (Å²) in [5.74, 6) is 2.32. The van der Waals surface area contributed by atoms with Gasteiger partial charge in [-0.1, -0.05) is 133 Å². The highest BCUT2D eigenvalue weighted by Crippen LogP contribution is 2.43. The lowest BCUT2D eigenvalue weighted by atomic mass is 9.99. The Hall–Kier alpha value is -7.44. The van der Waals surface area contributed by atoms with Crippen LogP contribution in [0.1, 0.15) is 0 Å². The largest absolute Gasteiger partial charge is 0.455 e. The van der Waals surface area contributed by atoms with E-state index in [4.69, 9.17) is 28.8 Å². The molecule has 0 amide bonds. The summed E-state index contributed by atoms with van der Waals surface area (Å²) >= 11 is 0. The maximum Gasteiger partial charge on any atom is 0.227 e. The molecular weight excluding hydrogens is 665 g/mol. The van der Waals surface area contributed by atoms with Crippen molar-refractivity contribution in [2.24, 2.45) is 0 Å². The number of furan rings is 1. The number of hydrogen-bond acceptors (Lipinski definition) is 6. The molecule has 0 aliphatic carbocycles. The molecule has 0 atom stereocenters. The van der Waals surface area contributed by atoms with Gasteiger partial charge in [0.1, 0.15) is 16.7 Å². The molecule has 8 aromatic carbocycles. The van der Waals surface area contributed by atoms with Crippen molar-refractivity contribution in [3.05, 3.63) is 170 Å². The lowest BCUT2D eigenvalue weighted by molar-refractivity contribution is 0.622. The van der Waals surface area contributed by atoms with Crippen LogP contribution in [0.5, 0.6) is 0 Å². The summed E-state index contributed by atoms with van der Waals surface area (Å²) in [6.07, 6.45) is 0. The first kappa shape index (κ1) is 30.2. The number of rotatable bonds is 5. The average molecular weight is 693 g/mol. The predicted molar refractivity (Wildman–Crippen MR) is 217 cm³/mol. The molecule has 11 rings (SSSR count). The Kier molecular flexibility index (Phi) is 6.75. The molecular formula is C48H28N4O2. The van der Waals surface area contributed by atoms with E-state index >= 15 is 0 Å². The molecule has 6 heteroatoms. The highest BCUT2D eigenvalue weighted by molar-refractivity contribution is 6.23. The van der Waals surface area contributed by atoms with Gasteiger partial charge in [-0.3, -0.25) is 0 Å². The fourth-order valence-corrected chi connectivity index (χ4v) is 7.48. The van der Waals surface area contributed by atoms with Crippen molar-refractivity contribution in [3.8, 4) is 56.7 Å². The highest BCUT2D eigenvalue weighted by atomic mass is 16.4. The Morgan fingerprint density at radius 3 is 1.74 bits per heavy atom. The van der Waals surface area contributed by atoms with Crippen molar-refractivity contribution in [2.45, 2.75) is 0 Å². The Balaban J connectivity index is 1.11. The van der Waals surface area contributed by atoms with E-state index in [2.05, 4.69) is 84.9 Å². The third-order valence-corrected chi connectivity index (χ3v) is 10.2. The molecule has 0 saturated heterocycles. The Bertz CT molecular complexity index is 3200. The molecule has 252 valence electrons. The molecule has 11 aromatic rings. The first-order valence-corrected chi connectivity index (χ1v) is 17.9. The molecule has 0 unspecified atom stereocenters. The molecule has 0 saturated carbocycles. The smallest absolute Gasteiger partial charge is 0.227 e. The van der Waals surface area contributed by atoms with Crippen molar-refractivity contribution < 1.29 is 8.83 Å². The fourth-order valence-electron chi connectivity index (χ4n) is 7.48. The topological polar surface area (TPSA) is 77.8 Å². The number of benzene rings is 8. The van der Waals surface area contributed by atoms with E-state index in [1.165, 1.54) is 10.8 Å². The standard InChI is InChI=1S/C48H28N4O2/c1-3-12-31(13-4-1)45-50-46(32-22-19-30(20-23-32)35-24-21-29-11-7-8-16-34(29)27-35)52-47(51-45)38-28-39-42-41(53-43(39)37-18-10-9-17-36(37)38)26-25-40-44(42)54-48(49-40)33-14-5-2-6-15-33/h1-28H. The zero-order chi connectivity index (χ0) is 35.6. The lowest BCUT2D eigenvalue weighted by Crippen LogP contribution is -2.00. The zero-order valence-corrected chi connectivity index (χ0v) is 28.8. The minimum atomic E-state index is 0.565. The second-order valence-corrected chi connectivity index (χ2v) is 13.4. The Morgan fingerprint density at radius 1 is 0.352 bits per heavy atom. The van der Waals surface area contributed by atoms with Crippen molar-refractivity contribution >= 4 is 54.6 Å². The van der Waals surface area contributed by atoms with Gasteiger partial charge in [0.05, 0.1) is 5.39 Å². The summed E-state index contributed by atoms with van der Waals surface area (Å²) in [4.78, 5) is 20.2. The molecule has 0 spiro atoms. The van der Waals surface area contributed by atoms with E-state index in [-0.39, 0.29) is 0 Å². The second-order valence-electron chi connectivity index (χ2n) is 13.4. The summed E-state index contributed by atoms with van der Waals surface area (Å²) in [6, 6.07) is 57.8. The van der Waals surface area contributed by atoms with Crippen LogP contribution in [0.25, 0.3) is 111 Å². The van der Waals surface area contributed by atoms with Crippen molar-refractivity contribution in [3.63, 3.8) is 0 Å². The number of oxazole rings is 1. The predicted octanol–water partition coefficient (Wildman–Crippen LogP) is 12.6. The molecule has 0 bridgehead atoms. The van der Waals surface area contributed by atoms with Crippen LogP contribution in [-0.4, -0.2) is 19.9 Å². The van der Waals surface area contributed by atoms with E-state index in [1.807, 2.05) is 84.9 Å². The third-order valence-electron chi connectivity index (χ3n) is 10.2. The van der Waals surface area contributed by atoms with Gasteiger partial charge in [0.15, 0.2) is 23.1 Å². The summed E-state index contributed by atoms with van der Waals surface area (Å²) in [6.45, 7) is 0. The normalized spacial score (nSPS) is 11.7. The summed E-state index contributed by atoms with van der Waals surface area (Å²) in [5, 5.41) is 6.14. The van der Waals surface area contributed by atoms with Gasteiger partial charge in [0, 0.05) is 33.0 Å².